The summed E-state index contributed by atoms with van der Waals surface area (Å²) >= 11 is 1.43. The first kappa shape index (κ1) is 17.4. The van der Waals surface area contributed by atoms with Crippen molar-refractivity contribution in [3.8, 4) is 17.2 Å². The Hall–Kier alpha value is -3.00. The lowest BCUT2D eigenvalue weighted by Gasteiger charge is -2.19. The normalized spacial score (nSPS) is 16.4. The van der Waals surface area contributed by atoms with E-state index in [1.807, 2.05) is 0 Å². The Balaban J connectivity index is 1.88. The third-order valence-corrected chi connectivity index (χ3v) is 5.54. The van der Waals surface area contributed by atoms with Gasteiger partial charge in [0.05, 0.1) is 23.8 Å². The van der Waals surface area contributed by atoms with E-state index in [1.165, 1.54) is 31.0 Å². The molecule has 1 aromatic heterocycles. The minimum atomic E-state index is -0.358. The molecule has 0 unspecified atom stereocenters. The van der Waals surface area contributed by atoms with Crippen LogP contribution in [0.2, 0.25) is 0 Å². The van der Waals surface area contributed by atoms with Crippen LogP contribution in [0.1, 0.15) is 16.5 Å². The zero-order valence-electron chi connectivity index (χ0n) is 14.3. The number of hydrogen-bond acceptors (Lipinski definition) is 5. The van der Waals surface area contributed by atoms with Gasteiger partial charge in [-0.3, -0.25) is 9.36 Å². The number of amides is 1. The van der Waals surface area contributed by atoms with Crippen molar-refractivity contribution in [3.05, 3.63) is 65.9 Å². The van der Waals surface area contributed by atoms with Gasteiger partial charge in [-0.05, 0) is 35.9 Å². The van der Waals surface area contributed by atoms with Gasteiger partial charge in [-0.2, -0.15) is 0 Å². The number of phenols is 1. The van der Waals surface area contributed by atoms with Crippen LogP contribution in [0.3, 0.4) is 0 Å². The van der Waals surface area contributed by atoms with Crippen LogP contribution in [0.15, 0.2) is 48.8 Å². The minimum Gasteiger partial charge on any atom is -0.504 e. The maximum absolute atomic E-state index is 13.7. The van der Waals surface area contributed by atoms with E-state index in [0.29, 0.717) is 17.3 Å². The largest absolute Gasteiger partial charge is 0.504 e. The van der Waals surface area contributed by atoms with Crippen molar-refractivity contribution in [2.75, 3.05) is 18.2 Å². The van der Waals surface area contributed by atoms with E-state index in [9.17, 15) is 14.3 Å². The number of methoxy groups -OCH3 is 1. The van der Waals surface area contributed by atoms with Gasteiger partial charge in [-0.1, -0.05) is 12.1 Å². The minimum absolute atomic E-state index is 0.0351. The monoisotopic (exact) mass is 385 g/mol. The number of thioether (sulfide) groups is 1. The van der Waals surface area contributed by atoms with Crippen molar-refractivity contribution in [2.24, 2.45) is 0 Å². The molecule has 27 heavy (non-hydrogen) atoms. The van der Waals surface area contributed by atoms with E-state index >= 15 is 0 Å². The Labute approximate surface area is 159 Å². The Kier molecular flexibility index (Phi) is 4.49. The molecular weight excluding hydrogens is 369 g/mol. The summed E-state index contributed by atoms with van der Waals surface area (Å²) in [7, 11) is 1.48. The molecule has 8 heteroatoms. The van der Waals surface area contributed by atoms with E-state index in [0.717, 1.165) is 11.3 Å². The molecule has 2 aromatic carbocycles. The number of nitrogens with zero attached hydrogens (tertiary/aromatic N) is 2. The van der Waals surface area contributed by atoms with Crippen molar-refractivity contribution in [1.82, 2.24) is 9.55 Å². The number of carbonyl (C=O) groups excluding carboxylic acids is 1. The Morgan fingerprint density at radius 1 is 1.33 bits per heavy atom. The molecule has 1 amide bonds. The number of benzene rings is 2. The molecule has 1 aliphatic heterocycles. The molecule has 0 bridgehead atoms. The second-order valence-corrected chi connectivity index (χ2v) is 7.09. The molecule has 0 fully saturated rings. The van der Waals surface area contributed by atoms with Crippen LogP contribution in [0, 0.1) is 5.82 Å². The summed E-state index contributed by atoms with van der Waals surface area (Å²) in [5.74, 6) is 0.546. The molecule has 138 valence electrons. The van der Waals surface area contributed by atoms with Crippen LogP contribution in [0.5, 0.6) is 11.5 Å². The quantitative estimate of drug-likeness (QED) is 0.722. The average Bonchev–Trinajstić information content (AvgIpc) is 2.98. The maximum Gasteiger partial charge on any atom is 0.235 e. The highest BCUT2D eigenvalue weighted by Gasteiger charge is 2.29. The average molecular weight is 385 g/mol. The molecule has 2 N–H and O–H groups in total. The first-order chi connectivity index (χ1) is 13.1. The number of hydrogen-bond donors (Lipinski definition) is 2. The zero-order chi connectivity index (χ0) is 19.0. The number of rotatable bonds is 3. The number of imidazole rings is 1. The standard InChI is InChI=1S/C19H16FN3O3S/c1-26-15-7-11(5-6-14(15)24)18-17-19(22-16(25)9-27-18)21-10-23(17)13-4-2-3-12(20)8-13/h2-8,10,18,24H,9H2,1H3,(H,22,25)/t18-/m1/s1. The lowest BCUT2D eigenvalue weighted by Crippen LogP contribution is -2.12. The van der Waals surface area contributed by atoms with Crippen molar-refractivity contribution >= 4 is 23.5 Å². The first-order valence-corrected chi connectivity index (χ1v) is 9.23. The third kappa shape index (κ3) is 3.23. The molecule has 1 atom stereocenters. The van der Waals surface area contributed by atoms with Crippen LogP contribution in [0.4, 0.5) is 10.2 Å². The molecule has 0 spiro atoms. The van der Waals surface area contributed by atoms with Crippen molar-refractivity contribution < 1.29 is 19.0 Å². The van der Waals surface area contributed by atoms with E-state index in [2.05, 4.69) is 10.3 Å². The summed E-state index contributed by atoms with van der Waals surface area (Å²) < 4.78 is 20.7. The van der Waals surface area contributed by atoms with Gasteiger partial charge in [0.25, 0.3) is 0 Å². The maximum atomic E-state index is 13.7. The molecule has 0 saturated heterocycles. The summed E-state index contributed by atoms with van der Waals surface area (Å²) in [6.07, 6.45) is 1.57. The van der Waals surface area contributed by atoms with Crippen LogP contribution in [0.25, 0.3) is 5.69 Å². The van der Waals surface area contributed by atoms with Crippen LogP contribution < -0.4 is 10.1 Å². The molecule has 0 saturated carbocycles. The lowest BCUT2D eigenvalue weighted by atomic mass is 10.1. The molecule has 1 aliphatic rings. The smallest absolute Gasteiger partial charge is 0.235 e. The van der Waals surface area contributed by atoms with Crippen LogP contribution in [-0.4, -0.2) is 33.4 Å². The Morgan fingerprint density at radius 3 is 2.96 bits per heavy atom. The summed E-state index contributed by atoms with van der Waals surface area (Å²) in [4.78, 5) is 16.4. The van der Waals surface area contributed by atoms with Gasteiger partial charge < -0.3 is 15.2 Å². The fraction of sp³-hybridized carbons (Fsp3) is 0.158. The number of aromatic hydroxyl groups is 1. The lowest BCUT2D eigenvalue weighted by molar-refractivity contribution is -0.113. The highest BCUT2D eigenvalue weighted by molar-refractivity contribution is 8.00. The second kappa shape index (κ2) is 6.96. The fourth-order valence-corrected chi connectivity index (χ4v) is 4.17. The van der Waals surface area contributed by atoms with Gasteiger partial charge in [0.2, 0.25) is 5.91 Å². The summed E-state index contributed by atoms with van der Waals surface area (Å²) in [5, 5.41) is 12.4. The van der Waals surface area contributed by atoms with Crippen LogP contribution >= 0.6 is 11.8 Å². The van der Waals surface area contributed by atoms with Gasteiger partial charge in [-0.25, -0.2) is 9.37 Å². The molecule has 3 aromatic rings. The second-order valence-electron chi connectivity index (χ2n) is 6.00. The molecule has 4 rings (SSSR count). The van der Waals surface area contributed by atoms with Crippen molar-refractivity contribution in [2.45, 2.75) is 5.25 Å². The predicted octanol–water partition coefficient (Wildman–Crippen LogP) is 3.50. The number of nitrogens with one attached hydrogen (secondary N) is 1. The van der Waals surface area contributed by atoms with E-state index in [4.69, 9.17) is 4.74 Å². The van der Waals surface area contributed by atoms with Gasteiger partial charge >= 0.3 is 0 Å². The summed E-state index contributed by atoms with van der Waals surface area (Å²) in [5.41, 5.74) is 2.17. The van der Waals surface area contributed by atoms with Gasteiger partial charge in [0, 0.05) is 5.69 Å². The van der Waals surface area contributed by atoms with Gasteiger partial charge in [-0.15, -0.1) is 11.8 Å². The van der Waals surface area contributed by atoms with Crippen LogP contribution in [-0.2, 0) is 4.79 Å². The molecule has 6 nitrogen and oxygen atoms in total. The number of halogens is 1. The first-order valence-electron chi connectivity index (χ1n) is 8.18. The Bertz CT molecular complexity index is 1020. The summed E-state index contributed by atoms with van der Waals surface area (Å²) in [6, 6.07) is 11.2. The van der Waals surface area contributed by atoms with Crippen molar-refractivity contribution in [3.63, 3.8) is 0 Å². The molecule has 0 radical (unpaired) electrons. The van der Waals surface area contributed by atoms with E-state index in [1.54, 1.807) is 41.2 Å². The fourth-order valence-electron chi connectivity index (χ4n) is 3.05. The number of aromatic nitrogens is 2. The number of anilines is 1. The van der Waals surface area contributed by atoms with Gasteiger partial charge in [0.15, 0.2) is 17.3 Å². The number of carbonyl (C=O) groups is 1. The van der Waals surface area contributed by atoms with E-state index in [-0.39, 0.29) is 28.5 Å². The third-order valence-electron chi connectivity index (χ3n) is 4.28. The van der Waals surface area contributed by atoms with Crippen molar-refractivity contribution in [1.29, 1.82) is 0 Å². The van der Waals surface area contributed by atoms with E-state index < -0.39 is 0 Å². The predicted molar refractivity (Wildman–Crippen MR) is 101 cm³/mol. The molecule has 2 heterocycles. The summed E-state index contributed by atoms with van der Waals surface area (Å²) in [6.45, 7) is 0. The topological polar surface area (TPSA) is 76.4 Å². The Morgan fingerprint density at radius 2 is 2.19 bits per heavy atom. The molecular formula is C19H16FN3O3S. The van der Waals surface area contributed by atoms with Gasteiger partial charge in [0.1, 0.15) is 12.1 Å². The number of ether oxygens (including phenoxy) is 1. The highest BCUT2D eigenvalue weighted by Crippen LogP contribution is 2.43. The number of phenolic OH excluding ortho intramolecular Hbond substituents is 1. The highest BCUT2D eigenvalue weighted by atomic mass is 32.2. The SMILES string of the molecule is COc1cc([C@H]2SCC(=O)Nc3ncn(-c4cccc(F)c4)c32)ccc1O. The molecule has 0 aliphatic carbocycles. The number of fused-ring (bicyclic) bond motifs is 1. The zero-order valence-corrected chi connectivity index (χ0v) is 15.2.